The molecule has 0 aliphatic carbocycles. The molecule has 0 aliphatic heterocycles. The van der Waals surface area contributed by atoms with E-state index in [0.717, 1.165) is 10.9 Å². The fraction of sp³-hybridized carbons (Fsp3) is 0.615. The fourth-order valence-electron chi connectivity index (χ4n) is 1.75. The Hall–Kier alpha value is -0.770. The van der Waals surface area contributed by atoms with E-state index in [1.54, 1.807) is 12.3 Å². The molecule has 0 fully saturated rings. The summed E-state index contributed by atoms with van der Waals surface area (Å²) in [6.45, 7) is 4.26. The molecule has 0 spiro atoms. The lowest BCUT2D eigenvalue weighted by molar-refractivity contribution is 0.0933. The van der Waals surface area contributed by atoms with Gasteiger partial charge in [0, 0.05) is 16.7 Å². The van der Waals surface area contributed by atoms with Crippen molar-refractivity contribution in [1.82, 2.24) is 10.3 Å². The van der Waals surface area contributed by atoms with Crippen molar-refractivity contribution in [1.29, 1.82) is 0 Å². The normalized spacial score (nSPS) is 12.4. The Balaban J connectivity index is 2.26. The molecule has 0 bridgehead atoms. The number of nitrogens with one attached hydrogen (secondary N) is 2. The second kappa shape index (κ2) is 7.54. The Bertz CT molecular complexity index is 349. The molecule has 1 aromatic heterocycles. The second-order valence-corrected chi connectivity index (χ2v) is 5.37. The molecular formula is C13H21BrN2O. The van der Waals surface area contributed by atoms with Crippen LogP contribution >= 0.6 is 15.9 Å². The summed E-state index contributed by atoms with van der Waals surface area (Å²) in [6, 6.07) is 2.03. The van der Waals surface area contributed by atoms with Crippen molar-refractivity contribution < 1.29 is 4.79 Å². The number of aromatic amines is 1. The van der Waals surface area contributed by atoms with E-state index in [4.69, 9.17) is 0 Å². The second-order valence-electron chi connectivity index (χ2n) is 4.46. The first-order chi connectivity index (χ1) is 8.13. The third-order valence-electron chi connectivity index (χ3n) is 2.76. The standard InChI is InChI=1S/C13H21BrN2O/c1-3-4-5-6-7-10(2)16-13(17)12-8-11(14)9-15-12/h8-10,15H,3-7H2,1-2H3,(H,16,17). The van der Waals surface area contributed by atoms with Gasteiger partial charge in [0.15, 0.2) is 0 Å². The quantitative estimate of drug-likeness (QED) is 0.738. The number of halogens is 1. The number of rotatable bonds is 7. The minimum atomic E-state index is -0.0290. The minimum Gasteiger partial charge on any atom is -0.356 e. The predicted octanol–water partition coefficient (Wildman–Crippen LogP) is 3.87. The van der Waals surface area contributed by atoms with Gasteiger partial charge in [-0.15, -0.1) is 0 Å². The van der Waals surface area contributed by atoms with Gasteiger partial charge in [-0.1, -0.05) is 32.6 Å². The van der Waals surface area contributed by atoms with Crippen LogP contribution in [0.25, 0.3) is 0 Å². The van der Waals surface area contributed by atoms with Crippen molar-refractivity contribution >= 4 is 21.8 Å². The largest absolute Gasteiger partial charge is 0.356 e. The van der Waals surface area contributed by atoms with Gasteiger partial charge < -0.3 is 10.3 Å². The SMILES string of the molecule is CCCCCCC(C)NC(=O)c1cc(Br)c[nH]1. The number of carbonyl (C=O) groups excluding carboxylic acids is 1. The highest BCUT2D eigenvalue weighted by Gasteiger charge is 2.10. The summed E-state index contributed by atoms with van der Waals surface area (Å²) in [5.41, 5.74) is 0.609. The van der Waals surface area contributed by atoms with E-state index >= 15 is 0 Å². The molecule has 17 heavy (non-hydrogen) atoms. The number of hydrogen-bond donors (Lipinski definition) is 2. The highest BCUT2D eigenvalue weighted by atomic mass is 79.9. The molecule has 1 aromatic rings. The lowest BCUT2D eigenvalue weighted by Gasteiger charge is -2.12. The zero-order valence-corrected chi connectivity index (χ0v) is 12.1. The third kappa shape index (κ3) is 5.39. The Morgan fingerprint density at radius 1 is 1.47 bits per heavy atom. The van der Waals surface area contributed by atoms with Crippen molar-refractivity contribution in [2.24, 2.45) is 0 Å². The summed E-state index contributed by atoms with van der Waals surface area (Å²) in [5, 5.41) is 3.00. The van der Waals surface area contributed by atoms with Crippen LogP contribution in [-0.4, -0.2) is 16.9 Å². The number of amides is 1. The van der Waals surface area contributed by atoms with Gasteiger partial charge in [0.05, 0.1) is 0 Å². The Labute approximate surface area is 112 Å². The highest BCUT2D eigenvalue weighted by Crippen LogP contribution is 2.11. The average molecular weight is 301 g/mol. The monoisotopic (exact) mass is 300 g/mol. The summed E-state index contributed by atoms with van der Waals surface area (Å²) < 4.78 is 0.901. The predicted molar refractivity (Wildman–Crippen MR) is 74.2 cm³/mol. The highest BCUT2D eigenvalue weighted by molar-refractivity contribution is 9.10. The molecule has 1 amide bonds. The van der Waals surface area contributed by atoms with Crippen molar-refractivity contribution in [3.8, 4) is 0 Å². The molecule has 4 heteroatoms. The van der Waals surface area contributed by atoms with Crippen LogP contribution < -0.4 is 5.32 Å². The van der Waals surface area contributed by atoms with Gasteiger partial charge in [0.1, 0.15) is 5.69 Å². The summed E-state index contributed by atoms with van der Waals surface area (Å²) in [4.78, 5) is 14.7. The maximum Gasteiger partial charge on any atom is 0.267 e. The molecule has 1 unspecified atom stereocenters. The molecule has 0 saturated heterocycles. The van der Waals surface area contributed by atoms with Crippen molar-refractivity contribution in [2.45, 2.75) is 52.0 Å². The van der Waals surface area contributed by atoms with E-state index in [1.165, 1.54) is 25.7 Å². The molecule has 0 saturated carbocycles. The van der Waals surface area contributed by atoms with Crippen LogP contribution in [-0.2, 0) is 0 Å². The summed E-state index contributed by atoms with van der Waals surface area (Å²) in [7, 11) is 0. The molecular weight excluding hydrogens is 280 g/mol. The van der Waals surface area contributed by atoms with Gasteiger partial charge in [0.25, 0.3) is 5.91 Å². The lowest BCUT2D eigenvalue weighted by atomic mass is 10.1. The molecule has 2 N–H and O–H groups in total. The van der Waals surface area contributed by atoms with Gasteiger partial charge in [-0.05, 0) is 35.3 Å². The molecule has 0 aromatic carbocycles. The maximum absolute atomic E-state index is 11.8. The molecule has 1 rings (SSSR count). The molecule has 0 aliphatic rings. The molecule has 0 radical (unpaired) electrons. The van der Waals surface area contributed by atoms with E-state index < -0.39 is 0 Å². The van der Waals surface area contributed by atoms with Crippen molar-refractivity contribution in [3.05, 3.63) is 22.4 Å². The maximum atomic E-state index is 11.8. The Kier molecular flexibility index (Phi) is 6.34. The van der Waals surface area contributed by atoms with Gasteiger partial charge in [-0.25, -0.2) is 0 Å². The summed E-state index contributed by atoms with van der Waals surface area (Å²) in [6.07, 6.45) is 7.78. The first-order valence-corrected chi connectivity index (χ1v) is 7.07. The average Bonchev–Trinajstić information content (AvgIpc) is 2.71. The van der Waals surface area contributed by atoms with Crippen LogP contribution in [0.4, 0.5) is 0 Å². The summed E-state index contributed by atoms with van der Waals surface area (Å²) >= 11 is 3.31. The zero-order chi connectivity index (χ0) is 12.7. The topological polar surface area (TPSA) is 44.9 Å². The van der Waals surface area contributed by atoms with Crippen molar-refractivity contribution in [3.63, 3.8) is 0 Å². The first-order valence-electron chi connectivity index (χ1n) is 6.28. The molecule has 1 heterocycles. The van der Waals surface area contributed by atoms with Gasteiger partial charge >= 0.3 is 0 Å². The first kappa shape index (κ1) is 14.3. The number of hydrogen-bond acceptors (Lipinski definition) is 1. The minimum absolute atomic E-state index is 0.0290. The molecule has 3 nitrogen and oxygen atoms in total. The van der Waals surface area contributed by atoms with E-state index in [-0.39, 0.29) is 11.9 Å². The number of unbranched alkanes of at least 4 members (excludes halogenated alkanes) is 3. The Morgan fingerprint density at radius 3 is 2.82 bits per heavy atom. The van der Waals surface area contributed by atoms with Gasteiger partial charge in [-0.2, -0.15) is 0 Å². The van der Waals surface area contributed by atoms with E-state index in [2.05, 4.69) is 40.1 Å². The van der Waals surface area contributed by atoms with Gasteiger partial charge in [-0.3, -0.25) is 4.79 Å². The fourth-order valence-corrected chi connectivity index (χ4v) is 2.09. The van der Waals surface area contributed by atoms with Crippen LogP contribution in [0, 0.1) is 0 Å². The third-order valence-corrected chi connectivity index (χ3v) is 3.22. The van der Waals surface area contributed by atoms with Crippen LogP contribution in [0.3, 0.4) is 0 Å². The van der Waals surface area contributed by atoms with Crippen LogP contribution in [0.5, 0.6) is 0 Å². The summed E-state index contributed by atoms with van der Waals surface area (Å²) in [5.74, 6) is -0.0290. The van der Waals surface area contributed by atoms with Crippen LogP contribution in [0.2, 0.25) is 0 Å². The number of carbonyl (C=O) groups is 1. The molecule has 1 atom stereocenters. The number of H-pyrrole nitrogens is 1. The number of aromatic nitrogens is 1. The Morgan fingerprint density at radius 2 is 2.24 bits per heavy atom. The van der Waals surface area contributed by atoms with Crippen LogP contribution in [0.1, 0.15) is 56.4 Å². The lowest BCUT2D eigenvalue weighted by Crippen LogP contribution is -2.32. The van der Waals surface area contributed by atoms with E-state index in [9.17, 15) is 4.79 Å². The van der Waals surface area contributed by atoms with Gasteiger partial charge in [0.2, 0.25) is 0 Å². The smallest absolute Gasteiger partial charge is 0.267 e. The van der Waals surface area contributed by atoms with E-state index in [0.29, 0.717) is 5.69 Å². The van der Waals surface area contributed by atoms with Crippen LogP contribution in [0.15, 0.2) is 16.7 Å². The molecule has 96 valence electrons. The zero-order valence-electron chi connectivity index (χ0n) is 10.6. The van der Waals surface area contributed by atoms with E-state index in [1.807, 2.05) is 0 Å². The van der Waals surface area contributed by atoms with Crippen molar-refractivity contribution in [2.75, 3.05) is 0 Å².